The number of para-hydroxylation sites is 1. The van der Waals surface area contributed by atoms with Crippen molar-refractivity contribution < 1.29 is 28.2 Å². The largest absolute Gasteiger partial charge is 0.462 e. The molecule has 10 nitrogen and oxygen atoms in total. The molecule has 6 aromatic rings. The summed E-state index contributed by atoms with van der Waals surface area (Å²) in [6.45, 7) is 5.36. The number of anilines is 1. The molecule has 7 rings (SSSR count). The smallest absolute Gasteiger partial charge is 0.306 e. The number of halogens is 1. The Morgan fingerprint density at radius 3 is 2.43 bits per heavy atom. The summed E-state index contributed by atoms with van der Waals surface area (Å²) >= 11 is 0. The fourth-order valence-corrected chi connectivity index (χ4v) is 7.00. The van der Waals surface area contributed by atoms with E-state index in [2.05, 4.69) is 27.0 Å². The van der Waals surface area contributed by atoms with Crippen molar-refractivity contribution in [2.24, 2.45) is 5.73 Å². The van der Waals surface area contributed by atoms with Gasteiger partial charge in [-0.3, -0.25) is 14.4 Å². The first-order valence-corrected chi connectivity index (χ1v) is 17.2. The van der Waals surface area contributed by atoms with Crippen LogP contribution in [-0.4, -0.2) is 50.1 Å². The molecule has 1 aliphatic carbocycles. The van der Waals surface area contributed by atoms with E-state index in [0.29, 0.717) is 53.8 Å². The van der Waals surface area contributed by atoms with Gasteiger partial charge in [0.25, 0.3) is 5.91 Å². The third-order valence-corrected chi connectivity index (χ3v) is 9.21. The Labute approximate surface area is 294 Å². The number of esters is 2. The lowest BCUT2D eigenvalue weighted by atomic mass is 9.92. The second-order valence-corrected chi connectivity index (χ2v) is 14.1. The van der Waals surface area contributed by atoms with Gasteiger partial charge in [0.05, 0.1) is 40.5 Å². The Balaban J connectivity index is 1.13. The molecule has 0 radical (unpaired) electrons. The molecule has 2 heterocycles. The quantitative estimate of drug-likeness (QED) is 0.131. The number of hydrogen-bond acceptors (Lipinski definition) is 7. The zero-order chi connectivity index (χ0) is 35.9. The first-order chi connectivity index (χ1) is 24.4. The Morgan fingerprint density at radius 1 is 0.922 bits per heavy atom. The number of rotatable bonds is 9. The molecule has 4 N–H and O–H groups in total. The van der Waals surface area contributed by atoms with E-state index in [9.17, 15) is 18.8 Å². The number of carbonyl (C=O) groups excluding carboxylic acids is 3. The fraction of sp³-hybridized carbons (Fsp3) is 0.300. The molecular weight excluding hydrogens is 649 g/mol. The van der Waals surface area contributed by atoms with Gasteiger partial charge < -0.3 is 30.1 Å². The van der Waals surface area contributed by atoms with E-state index in [1.54, 1.807) is 32.9 Å². The summed E-state index contributed by atoms with van der Waals surface area (Å²) in [4.78, 5) is 45.1. The van der Waals surface area contributed by atoms with Crippen LogP contribution >= 0.6 is 0 Å². The number of amides is 1. The number of aromatic amines is 1. The minimum Gasteiger partial charge on any atom is -0.462 e. The van der Waals surface area contributed by atoms with Gasteiger partial charge >= 0.3 is 11.9 Å². The van der Waals surface area contributed by atoms with Crippen LogP contribution in [0.5, 0.6) is 0 Å². The maximum atomic E-state index is 14.0. The highest BCUT2D eigenvalue weighted by Crippen LogP contribution is 2.39. The molecule has 262 valence electrons. The predicted molar refractivity (Wildman–Crippen MR) is 195 cm³/mol. The van der Waals surface area contributed by atoms with Crippen LogP contribution in [0.4, 0.5) is 10.1 Å². The Morgan fingerprint density at radius 2 is 1.67 bits per heavy atom. The van der Waals surface area contributed by atoms with Crippen molar-refractivity contribution in [1.82, 2.24) is 14.5 Å². The van der Waals surface area contributed by atoms with Gasteiger partial charge in [-0.2, -0.15) is 0 Å². The van der Waals surface area contributed by atoms with Crippen LogP contribution in [0.25, 0.3) is 49.9 Å². The van der Waals surface area contributed by atoms with Gasteiger partial charge in [-0.15, -0.1) is 0 Å². The molecule has 0 aliphatic heterocycles. The van der Waals surface area contributed by atoms with Crippen molar-refractivity contribution >= 4 is 56.4 Å². The van der Waals surface area contributed by atoms with Gasteiger partial charge in [-0.1, -0.05) is 30.3 Å². The van der Waals surface area contributed by atoms with Crippen molar-refractivity contribution in [2.75, 3.05) is 5.32 Å². The molecule has 0 spiro atoms. The zero-order valence-corrected chi connectivity index (χ0v) is 28.8. The second kappa shape index (κ2) is 13.5. The van der Waals surface area contributed by atoms with E-state index in [4.69, 9.17) is 20.2 Å². The van der Waals surface area contributed by atoms with Crippen molar-refractivity contribution in [1.29, 1.82) is 0 Å². The zero-order valence-electron chi connectivity index (χ0n) is 28.8. The van der Waals surface area contributed by atoms with Crippen molar-refractivity contribution in [3.63, 3.8) is 0 Å². The summed E-state index contributed by atoms with van der Waals surface area (Å²) in [7, 11) is 0. The molecule has 1 saturated carbocycles. The number of aromatic nitrogens is 3. The highest BCUT2D eigenvalue weighted by atomic mass is 19.1. The predicted octanol–water partition coefficient (Wildman–Crippen LogP) is 7.95. The Hall–Kier alpha value is -5.71. The molecule has 1 aliphatic rings. The molecule has 2 aromatic heterocycles. The maximum Gasteiger partial charge on any atom is 0.306 e. The third-order valence-electron chi connectivity index (χ3n) is 9.21. The topological polar surface area (TPSA) is 141 Å². The number of nitrogens with two attached hydrogens (primary N) is 1. The third kappa shape index (κ3) is 7.15. The molecule has 0 saturated heterocycles. The van der Waals surface area contributed by atoms with Gasteiger partial charge in [0, 0.05) is 33.8 Å². The van der Waals surface area contributed by atoms with Gasteiger partial charge in [-0.25, -0.2) is 9.37 Å². The number of primary amides is 1. The summed E-state index contributed by atoms with van der Waals surface area (Å²) in [6.07, 6.45) is 2.43. The first-order valence-electron chi connectivity index (χ1n) is 17.2. The number of fused-ring (bicyclic) bond motifs is 4. The summed E-state index contributed by atoms with van der Waals surface area (Å²) in [5.74, 6) is -1.07. The summed E-state index contributed by atoms with van der Waals surface area (Å²) in [5.41, 5.74) is 11.2. The summed E-state index contributed by atoms with van der Waals surface area (Å²) in [6, 6.07) is 24.3. The van der Waals surface area contributed by atoms with Crippen LogP contribution in [0, 0.1) is 5.82 Å². The lowest BCUT2D eigenvalue weighted by Crippen LogP contribution is -2.32. The van der Waals surface area contributed by atoms with E-state index in [0.717, 1.165) is 33.1 Å². The Bertz CT molecular complexity index is 2290. The molecular formula is C40H40FN5O5. The first kappa shape index (κ1) is 33.8. The van der Waals surface area contributed by atoms with Crippen LogP contribution in [0.2, 0.25) is 0 Å². The van der Waals surface area contributed by atoms with Gasteiger partial charge in [0.1, 0.15) is 23.3 Å². The van der Waals surface area contributed by atoms with Crippen LogP contribution < -0.4 is 11.1 Å². The highest BCUT2D eigenvalue weighted by molar-refractivity contribution is 6.15. The molecule has 11 heteroatoms. The number of carbonyl (C=O) groups is 3. The lowest BCUT2D eigenvalue weighted by Gasteiger charge is -2.30. The number of hydrogen-bond donors (Lipinski definition) is 3. The molecule has 0 bridgehead atoms. The SMILES string of the molecule is CC(C)(C)OC(=O)CCC(=O)OC1CCC(Nc2cc(-n3c4ccccc4c4c(-c5nc6ccc(F)cc6[nH]5)cccc43)ccc2C(N)=O)CC1. The molecule has 0 unspecified atom stereocenters. The normalized spacial score (nSPS) is 16.4. The molecule has 1 fully saturated rings. The Kier molecular flexibility index (Phi) is 8.97. The molecule has 51 heavy (non-hydrogen) atoms. The standard InChI is InChI=1S/C40H40FN5O5/c1-40(2,3)51-36(48)20-19-35(47)50-26-15-12-24(13-16-26)43-31-22-25(14-17-27(31)38(42)49)46-33-9-5-4-7-28(33)37-29(8-6-10-34(37)46)39-44-30-18-11-23(41)21-32(30)45-39/h4-11,14,17-18,21-22,24,26,43H,12-13,15-16,19-20H2,1-3H3,(H2,42,49)(H,44,45). The average molecular weight is 690 g/mol. The number of imidazole rings is 1. The number of ether oxygens (including phenoxy) is 2. The number of H-pyrrole nitrogens is 1. The molecule has 1 amide bonds. The number of nitrogens with zero attached hydrogens (tertiary/aromatic N) is 2. The highest BCUT2D eigenvalue weighted by Gasteiger charge is 2.26. The minimum atomic E-state index is -0.604. The average Bonchev–Trinajstić information content (AvgIpc) is 3.66. The number of nitrogens with one attached hydrogen (secondary N) is 2. The molecule has 4 aromatic carbocycles. The maximum absolute atomic E-state index is 14.0. The van der Waals surface area contributed by atoms with E-state index in [1.165, 1.54) is 12.1 Å². The van der Waals surface area contributed by atoms with Gasteiger partial charge in [0.15, 0.2) is 0 Å². The van der Waals surface area contributed by atoms with E-state index < -0.39 is 23.4 Å². The van der Waals surface area contributed by atoms with E-state index in [-0.39, 0.29) is 30.8 Å². The second-order valence-electron chi connectivity index (χ2n) is 14.1. The van der Waals surface area contributed by atoms with E-state index in [1.807, 2.05) is 42.5 Å². The van der Waals surface area contributed by atoms with Crippen LogP contribution in [0.1, 0.15) is 69.7 Å². The van der Waals surface area contributed by atoms with Crippen molar-refractivity contribution in [3.8, 4) is 17.1 Å². The van der Waals surface area contributed by atoms with Gasteiger partial charge in [-0.05, 0) is 95.0 Å². The van der Waals surface area contributed by atoms with Crippen molar-refractivity contribution in [2.45, 2.75) is 77.0 Å². The van der Waals surface area contributed by atoms with Gasteiger partial charge in [0.2, 0.25) is 0 Å². The fourth-order valence-electron chi connectivity index (χ4n) is 7.00. The lowest BCUT2D eigenvalue weighted by molar-refractivity contribution is -0.160. The minimum absolute atomic E-state index is 0.0202. The van der Waals surface area contributed by atoms with E-state index >= 15 is 0 Å². The molecule has 0 atom stereocenters. The number of benzene rings is 4. The summed E-state index contributed by atoms with van der Waals surface area (Å²) < 4.78 is 27.1. The summed E-state index contributed by atoms with van der Waals surface area (Å²) in [5, 5.41) is 5.56. The van der Waals surface area contributed by atoms with Crippen LogP contribution in [0.3, 0.4) is 0 Å². The van der Waals surface area contributed by atoms with Crippen LogP contribution in [-0.2, 0) is 19.1 Å². The van der Waals surface area contributed by atoms with Crippen molar-refractivity contribution in [3.05, 3.63) is 90.2 Å². The van der Waals surface area contributed by atoms with Crippen LogP contribution in [0.15, 0.2) is 78.9 Å². The monoisotopic (exact) mass is 689 g/mol.